The Morgan fingerprint density at radius 2 is 1.22 bits per heavy atom. The summed E-state index contributed by atoms with van der Waals surface area (Å²) in [4.78, 5) is 0. The Labute approximate surface area is 142 Å². The van der Waals surface area contributed by atoms with Crippen molar-refractivity contribution in [2.24, 2.45) is 0 Å². The van der Waals surface area contributed by atoms with E-state index in [4.69, 9.17) is 46.4 Å². The van der Waals surface area contributed by atoms with E-state index in [9.17, 15) is 0 Å². The summed E-state index contributed by atoms with van der Waals surface area (Å²) in [6.45, 7) is 0. The van der Waals surface area contributed by atoms with Crippen LogP contribution < -0.4 is 0 Å². The van der Waals surface area contributed by atoms with Gasteiger partial charge in [-0.05, 0) is 52.3 Å². The minimum absolute atomic E-state index is 0.641. The second kappa shape index (κ2) is 7.98. The van der Waals surface area contributed by atoms with Crippen molar-refractivity contribution < 1.29 is 0 Å². The summed E-state index contributed by atoms with van der Waals surface area (Å²) in [6.07, 6.45) is 0. The van der Waals surface area contributed by atoms with Gasteiger partial charge in [-0.25, -0.2) is 0 Å². The van der Waals surface area contributed by atoms with Crippen molar-refractivity contribution in [2.75, 3.05) is 0 Å². The molecule has 0 amide bonds. The summed E-state index contributed by atoms with van der Waals surface area (Å²) in [5.74, 6) is 0. The fourth-order valence-corrected chi connectivity index (χ4v) is 2.93. The van der Waals surface area contributed by atoms with Crippen molar-refractivity contribution in [1.29, 1.82) is 0 Å². The summed E-state index contributed by atoms with van der Waals surface area (Å²) in [7, 11) is 0. The van der Waals surface area contributed by atoms with Gasteiger partial charge in [0.25, 0.3) is 0 Å². The molecule has 0 bridgehead atoms. The van der Waals surface area contributed by atoms with E-state index in [0.717, 1.165) is 8.95 Å². The molecule has 0 nitrogen and oxygen atoms in total. The summed E-state index contributed by atoms with van der Waals surface area (Å²) >= 11 is 29.0. The lowest BCUT2D eigenvalue weighted by Crippen LogP contribution is -1.66. The molecule has 0 atom stereocenters. The van der Waals surface area contributed by atoms with Gasteiger partial charge in [-0.3, -0.25) is 0 Å². The van der Waals surface area contributed by atoms with Gasteiger partial charge in [-0.1, -0.05) is 62.3 Å². The molecule has 0 aliphatic heterocycles. The maximum absolute atomic E-state index is 5.68. The average molecular weight is 452 g/mol. The van der Waals surface area contributed by atoms with E-state index in [1.54, 1.807) is 30.3 Å². The van der Waals surface area contributed by atoms with Crippen molar-refractivity contribution >= 4 is 78.3 Å². The van der Waals surface area contributed by atoms with Crippen LogP contribution in [0, 0.1) is 0 Å². The van der Waals surface area contributed by atoms with Gasteiger partial charge in [0.2, 0.25) is 0 Å². The van der Waals surface area contributed by atoms with Crippen LogP contribution in [0.3, 0.4) is 0 Å². The van der Waals surface area contributed by atoms with Crippen LogP contribution in [0.1, 0.15) is 0 Å². The third-order valence-corrected chi connectivity index (χ3v) is 4.07. The lowest BCUT2D eigenvalue weighted by molar-refractivity contribution is 1.65. The van der Waals surface area contributed by atoms with Gasteiger partial charge < -0.3 is 0 Å². The van der Waals surface area contributed by atoms with Crippen LogP contribution in [-0.2, 0) is 0 Å². The number of halogens is 6. The van der Waals surface area contributed by atoms with Crippen LogP contribution in [0.5, 0.6) is 0 Å². The fraction of sp³-hybridized carbons (Fsp3) is 0. The Balaban J connectivity index is 0.000000180. The van der Waals surface area contributed by atoms with Crippen molar-refractivity contribution in [3.05, 3.63) is 65.4 Å². The van der Waals surface area contributed by atoms with Gasteiger partial charge >= 0.3 is 0 Å². The average Bonchev–Trinajstić information content (AvgIpc) is 2.23. The van der Waals surface area contributed by atoms with Gasteiger partial charge in [-0.15, -0.1) is 0 Å². The van der Waals surface area contributed by atoms with E-state index < -0.39 is 0 Å². The Kier molecular flexibility index (Phi) is 7.37. The van der Waals surface area contributed by atoms with E-state index in [0.29, 0.717) is 20.1 Å². The Bertz CT molecular complexity index is 493. The smallest absolute Gasteiger partial charge is 0.0562 e. The fourth-order valence-electron chi connectivity index (χ4n) is 0.991. The maximum Gasteiger partial charge on any atom is 0.0562 e. The number of hydrogen-bond acceptors (Lipinski definition) is 0. The van der Waals surface area contributed by atoms with Crippen LogP contribution in [0.25, 0.3) is 0 Å². The normalized spacial score (nSPS) is 9.67. The molecule has 0 N–H and O–H groups in total. The predicted molar refractivity (Wildman–Crippen MR) is 88.3 cm³/mol. The zero-order chi connectivity index (χ0) is 13.7. The van der Waals surface area contributed by atoms with Crippen LogP contribution >= 0.6 is 78.3 Å². The first-order valence-corrected chi connectivity index (χ1v) is 7.70. The molecule has 96 valence electrons. The van der Waals surface area contributed by atoms with Gasteiger partial charge in [0.15, 0.2) is 0 Å². The first-order chi connectivity index (χ1) is 8.38. The van der Waals surface area contributed by atoms with Crippen molar-refractivity contribution in [1.82, 2.24) is 0 Å². The summed E-state index contributed by atoms with van der Waals surface area (Å²) < 4.78 is 1.77. The number of hydrogen-bond donors (Lipinski definition) is 0. The quantitative estimate of drug-likeness (QED) is 0.363. The first kappa shape index (κ1) is 16.6. The van der Waals surface area contributed by atoms with Gasteiger partial charge in [0.05, 0.1) is 5.02 Å². The van der Waals surface area contributed by atoms with Crippen LogP contribution in [0.4, 0.5) is 0 Å². The molecule has 0 heterocycles. The molecular weight excluding hydrogens is 446 g/mol. The van der Waals surface area contributed by atoms with Gasteiger partial charge in [0.1, 0.15) is 0 Å². The molecule has 2 aromatic rings. The van der Waals surface area contributed by atoms with E-state index >= 15 is 0 Å². The first-order valence-electron chi connectivity index (χ1n) is 4.60. The topological polar surface area (TPSA) is 0 Å². The highest BCUT2D eigenvalue weighted by molar-refractivity contribution is 9.10. The third kappa shape index (κ3) is 6.14. The monoisotopic (exact) mass is 448 g/mol. The molecule has 0 aliphatic carbocycles. The highest BCUT2D eigenvalue weighted by Gasteiger charge is 1.94. The van der Waals surface area contributed by atoms with Crippen LogP contribution in [0.15, 0.2) is 45.3 Å². The van der Waals surface area contributed by atoms with Crippen LogP contribution in [0.2, 0.25) is 20.1 Å². The minimum atomic E-state index is 0.641. The largest absolute Gasteiger partial charge is 0.0843 e. The molecule has 2 aromatic carbocycles. The summed E-state index contributed by atoms with van der Waals surface area (Å²) in [5, 5.41) is 2.59. The molecule has 18 heavy (non-hydrogen) atoms. The molecule has 0 unspecified atom stereocenters. The molecular formula is C12H6Br2Cl4. The second-order valence-corrected chi connectivity index (χ2v) is 6.63. The van der Waals surface area contributed by atoms with E-state index in [-0.39, 0.29) is 0 Å². The summed E-state index contributed by atoms with van der Waals surface area (Å²) in [6, 6.07) is 10.5. The lowest BCUT2D eigenvalue weighted by Gasteiger charge is -1.93. The Hall–Kier alpha value is 0.560. The number of benzene rings is 2. The lowest BCUT2D eigenvalue weighted by atomic mass is 10.4. The molecule has 0 saturated carbocycles. The predicted octanol–water partition coefficient (Wildman–Crippen LogP) is 7.51. The second-order valence-electron chi connectivity index (χ2n) is 3.15. The van der Waals surface area contributed by atoms with Crippen molar-refractivity contribution in [3.63, 3.8) is 0 Å². The summed E-state index contributed by atoms with van der Waals surface area (Å²) in [5.41, 5.74) is 0. The molecule has 6 heteroatoms. The molecule has 0 spiro atoms. The standard InChI is InChI=1S/2C6H3BrCl2/c7-4-1-5(8)3-6(9)2-4;7-5-2-1-4(8)3-6(5)9/h2*1-3H. The van der Waals surface area contributed by atoms with Crippen molar-refractivity contribution in [2.45, 2.75) is 0 Å². The van der Waals surface area contributed by atoms with Gasteiger partial charge in [0, 0.05) is 24.0 Å². The molecule has 2 rings (SSSR count). The van der Waals surface area contributed by atoms with Crippen molar-refractivity contribution in [3.8, 4) is 0 Å². The SMILES string of the molecule is Clc1cc(Cl)cc(Br)c1.Clc1ccc(Br)c(Cl)c1. The van der Waals surface area contributed by atoms with E-state index in [1.807, 2.05) is 6.07 Å². The zero-order valence-electron chi connectivity index (χ0n) is 8.73. The molecule has 0 saturated heterocycles. The third-order valence-electron chi connectivity index (χ3n) is 1.71. The molecule has 0 aliphatic rings. The maximum atomic E-state index is 5.68. The molecule has 0 aromatic heterocycles. The highest BCUT2D eigenvalue weighted by atomic mass is 79.9. The number of rotatable bonds is 0. The zero-order valence-corrected chi connectivity index (χ0v) is 14.9. The highest BCUT2D eigenvalue weighted by Crippen LogP contribution is 2.25. The van der Waals surface area contributed by atoms with E-state index in [1.165, 1.54) is 0 Å². The molecule has 0 radical (unpaired) electrons. The Morgan fingerprint density at radius 3 is 1.61 bits per heavy atom. The van der Waals surface area contributed by atoms with E-state index in [2.05, 4.69) is 31.9 Å². The Morgan fingerprint density at radius 1 is 0.667 bits per heavy atom. The van der Waals surface area contributed by atoms with Gasteiger partial charge in [-0.2, -0.15) is 0 Å². The van der Waals surface area contributed by atoms with Crippen LogP contribution in [-0.4, -0.2) is 0 Å². The minimum Gasteiger partial charge on any atom is -0.0843 e. The molecule has 0 fully saturated rings.